The molecule has 5 rings (SSSR count). The van der Waals surface area contributed by atoms with E-state index in [1.165, 1.54) is 12.8 Å². The zero-order valence-corrected chi connectivity index (χ0v) is 15.4. The number of nitrogens with zero attached hydrogens (tertiary/aromatic N) is 1. The Hall–Kier alpha value is -1.92. The van der Waals surface area contributed by atoms with Gasteiger partial charge in [0, 0.05) is 36.4 Å². The number of ketones is 1. The number of hydrogen-bond acceptors (Lipinski definition) is 5. The van der Waals surface area contributed by atoms with Crippen LogP contribution >= 0.6 is 0 Å². The summed E-state index contributed by atoms with van der Waals surface area (Å²) < 4.78 is 0. The Morgan fingerprint density at radius 3 is 2.78 bits per heavy atom. The molecular weight excluding hydrogens is 344 g/mol. The van der Waals surface area contributed by atoms with Crippen LogP contribution in [-0.2, 0) is 16.6 Å². The first-order valence-electron chi connectivity index (χ1n) is 9.99. The van der Waals surface area contributed by atoms with Crippen molar-refractivity contribution in [3.05, 3.63) is 28.8 Å². The molecule has 144 valence electrons. The topological polar surface area (TPSA) is 104 Å². The number of Topliss-reactive ketones (excluding diaryl/α,β-unsaturated/α-hetero) is 1. The maximum Gasteiger partial charge on any atom is 0.252 e. The van der Waals surface area contributed by atoms with Gasteiger partial charge in [0.05, 0.1) is 11.2 Å². The minimum atomic E-state index is -1.06. The SMILES string of the molecule is NC(=O)c1ccc2c(c1O)C13CCN(CC4CC4)C(C2)[C@]1(O)CCC(=O)C3. The molecular formula is C21H26N2O4. The largest absolute Gasteiger partial charge is 0.507 e. The number of hydrogen-bond donors (Lipinski definition) is 3. The molecule has 1 aromatic rings. The first-order chi connectivity index (χ1) is 12.9. The zero-order valence-electron chi connectivity index (χ0n) is 15.4. The number of rotatable bonds is 3. The van der Waals surface area contributed by atoms with Gasteiger partial charge in [0.25, 0.3) is 5.91 Å². The molecule has 1 aliphatic heterocycles. The molecule has 1 amide bonds. The monoisotopic (exact) mass is 370 g/mol. The predicted octanol–water partition coefficient (Wildman–Crippen LogP) is 1.25. The van der Waals surface area contributed by atoms with E-state index in [1.54, 1.807) is 6.07 Å². The fraction of sp³-hybridized carbons (Fsp3) is 0.619. The number of phenols is 1. The highest BCUT2D eigenvalue weighted by molar-refractivity contribution is 5.96. The lowest BCUT2D eigenvalue weighted by molar-refractivity contribution is -0.173. The van der Waals surface area contributed by atoms with Crippen molar-refractivity contribution >= 4 is 11.7 Å². The summed E-state index contributed by atoms with van der Waals surface area (Å²) in [6.45, 7) is 1.80. The summed E-state index contributed by atoms with van der Waals surface area (Å²) in [7, 11) is 0. The molecule has 0 aromatic heterocycles. The molecule has 1 heterocycles. The van der Waals surface area contributed by atoms with E-state index in [4.69, 9.17) is 5.73 Å². The fourth-order valence-electron chi connectivity index (χ4n) is 6.05. The normalized spacial score (nSPS) is 35.4. The molecule has 1 aromatic carbocycles. The molecule has 0 spiro atoms. The number of fused-ring (bicyclic) bond motifs is 1. The van der Waals surface area contributed by atoms with Gasteiger partial charge in [0.15, 0.2) is 0 Å². The fourth-order valence-corrected chi connectivity index (χ4v) is 6.05. The van der Waals surface area contributed by atoms with E-state index in [0.29, 0.717) is 31.2 Å². The third-order valence-corrected chi connectivity index (χ3v) is 7.54. The van der Waals surface area contributed by atoms with Crippen LogP contribution in [-0.4, -0.2) is 51.5 Å². The number of benzene rings is 1. The predicted molar refractivity (Wildman–Crippen MR) is 98.5 cm³/mol. The molecule has 4 N–H and O–H groups in total. The van der Waals surface area contributed by atoms with Crippen molar-refractivity contribution in [1.82, 2.24) is 4.90 Å². The minimum Gasteiger partial charge on any atom is -0.507 e. The van der Waals surface area contributed by atoms with Crippen LogP contribution in [0, 0.1) is 5.92 Å². The van der Waals surface area contributed by atoms with Crippen molar-refractivity contribution in [1.29, 1.82) is 0 Å². The number of carbonyl (C=O) groups is 2. The highest BCUT2D eigenvalue weighted by Crippen LogP contribution is 2.60. The number of piperidine rings is 1. The summed E-state index contributed by atoms with van der Waals surface area (Å²) >= 11 is 0. The first-order valence-corrected chi connectivity index (χ1v) is 9.99. The van der Waals surface area contributed by atoms with Crippen LogP contribution in [0.3, 0.4) is 0 Å². The molecule has 3 fully saturated rings. The molecule has 3 aliphatic carbocycles. The molecule has 6 nitrogen and oxygen atoms in total. The summed E-state index contributed by atoms with van der Waals surface area (Å²) in [6, 6.07) is 3.37. The first kappa shape index (κ1) is 17.2. The average Bonchev–Trinajstić information content (AvgIpc) is 3.42. The number of aliphatic hydroxyl groups is 1. The van der Waals surface area contributed by atoms with Crippen molar-refractivity contribution in [2.75, 3.05) is 13.1 Å². The Kier molecular flexibility index (Phi) is 3.53. The van der Waals surface area contributed by atoms with E-state index in [2.05, 4.69) is 4.90 Å². The van der Waals surface area contributed by atoms with E-state index < -0.39 is 16.9 Å². The van der Waals surface area contributed by atoms with Crippen molar-refractivity contribution in [2.45, 2.75) is 62.0 Å². The second-order valence-electron chi connectivity index (χ2n) is 8.99. The van der Waals surface area contributed by atoms with E-state index >= 15 is 0 Å². The molecule has 2 bridgehead atoms. The maximum atomic E-state index is 12.5. The van der Waals surface area contributed by atoms with E-state index in [0.717, 1.165) is 24.6 Å². The van der Waals surface area contributed by atoms with Crippen LogP contribution in [0.4, 0.5) is 0 Å². The molecule has 1 saturated heterocycles. The van der Waals surface area contributed by atoms with Gasteiger partial charge in [0.2, 0.25) is 0 Å². The smallest absolute Gasteiger partial charge is 0.252 e. The minimum absolute atomic E-state index is 0.0497. The molecule has 2 saturated carbocycles. The van der Waals surface area contributed by atoms with Gasteiger partial charge in [-0.25, -0.2) is 0 Å². The summed E-state index contributed by atoms with van der Waals surface area (Å²) in [5, 5.41) is 22.9. The summed E-state index contributed by atoms with van der Waals surface area (Å²) in [4.78, 5) is 26.7. The molecule has 27 heavy (non-hydrogen) atoms. The Morgan fingerprint density at radius 1 is 1.30 bits per heavy atom. The van der Waals surface area contributed by atoms with E-state index in [9.17, 15) is 19.8 Å². The number of amides is 1. The number of aromatic hydroxyl groups is 1. The van der Waals surface area contributed by atoms with Crippen LogP contribution in [0.25, 0.3) is 0 Å². The van der Waals surface area contributed by atoms with Gasteiger partial charge in [-0.15, -0.1) is 0 Å². The Bertz CT molecular complexity index is 849. The lowest BCUT2D eigenvalue weighted by Gasteiger charge is -2.63. The third-order valence-electron chi connectivity index (χ3n) is 7.54. The zero-order chi connectivity index (χ0) is 19.0. The third kappa shape index (κ3) is 2.26. The van der Waals surface area contributed by atoms with Gasteiger partial charge in [-0.2, -0.15) is 0 Å². The van der Waals surface area contributed by atoms with E-state index in [1.807, 2.05) is 6.07 Å². The van der Waals surface area contributed by atoms with Gasteiger partial charge in [-0.3, -0.25) is 14.5 Å². The quantitative estimate of drug-likeness (QED) is 0.743. The Morgan fingerprint density at radius 2 is 2.07 bits per heavy atom. The molecule has 2 unspecified atom stereocenters. The van der Waals surface area contributed by atoms with Crippen LogP contribution in [0.5, 0.6) is 5.75 Å². The van der Waals surface area contributed by atoms with Crippen molar-refractivity contribution in [3.8, 4) is 5.75 Å². The highest BCUT2D eigenvalue weighted by Gasteiger charge is 2.65. The van der Waals surface area contributed by atoms with Gasteiger partial charge < -0.3 is 15.9 Å². The second-order valence-corrected chi connectivity index (χ2v) is 8.99. The molecule has 3 atom stereocenters. The maximum absolute atomic E-state index is 12.5. The second kappa shape index (κ2) is 5.55. The van der Waals surface area contributed by atoms with Crippen LogP contribution in [0.15, 0.2) is 12.1 Å². The highest BCUT2D eigenvalue weighted by atomic mass is 16.3. The lowest BCUT2D eigenvalue weighted by Crippen LogP contribution is -2.73. The Labute approximate surface area is 158 Å². The molecule has 6 heteroatoms. The van der Waals surface area contributed by atoms with E-state index in [-0.39, 0.29) is 29.6 Å². The van der Waals surface area contributed by atoms with Crippen molar-refractivity contribution in [2.24, 2.45) is 11.7 Å². The standard InChI is InChI=1S/C21H26N2O4/c22-19(26)15-4-3-13-9-16-21(27)6-5-14(24)10-20(21,17(13)18(15)25)7-8-23(16)11-12-1-2-12/h3-4,12,16,25,27H,1-2,5-11H2,(H2,22,26)/t16?,20?,21-/m1/s1. The van der Waals surface area contributed by atoms with Gasteiger partial charge in [-0.05, 0) is 56.2 Å². The van der Waals surface area contributed by atoms with Crippen LogP contribution < -0.4 is 5.73 Å². The summed E-state index contributed by atoms with van der Waals surface area (Å²) in [5.74, 6) is 0.0112. The van der Waals surface area contributed by atoms with Crippen LogP contribution in [0.1, 0.15) is 60.0 Å². The Balaban J connectivity index is 1.70. The summed E-state index contributed by atoms with van der Waals surface area (Å²) in [5.41, 5.74) is 5.16. The number of likely N-dealkylation sites (tertiary alicyclic amines) is 1. The number of carbonyl (C=O) groups excluding carboxylic acids is 2. The average molecular weight is 370 g/mol. The van der Waals surface area contributed by atoms with Crippen molar-refractivity contribution in [3.63, 3.8) is 0 Å². The summed E-state index contributed by atoms with van der Waals surface area (Å²) in [6.07, 6.45) is 4.76. The van der Waals surface area contributed by atoms with Crippen molar-refractivity contribution < 1.29 is 19.8 Å². The lowest BCUT2D eigenvalue weighted by atomic mass is 9.49. The number of nitrogens with two attached hydrogens (primary N) is 1. The number of primary amides is 1. The van der Waals surface area contributed by atoms with Gasteiger partial charge >= 0.3 is 0 Å². The van der Waals surface area contributed by atoms with Crippen LogP contribution in [0.2, 0.25) is 0 Å². The molecule has 4 aliphatic rings. The van der Waals surface area contributed by atoms with Gasteiger partial charge in [0.1, 0.15) is 11.5 Å². The van der Waals surface area contributed by atoms with Gasteiger partial charge in [-0.1, -0.05) is 6.07 Å². The molecule has 0 radical (unpaired) electrons.